The van der Waals surface area contributed by atoms with Gasteiger partial charge in [0.25, 0.3) is 5.91 Å². The standard InChI is InChI=1S/C40H42N2O22/c1-12-25(44)56-38(57-26(45)13-2,58-27(46)14-3)37(23-55-22-24(43)21-42-35(54)41-34(53)36(42,10)11,39(59-28(47)15-4,60-29(48)16-5)61-30(49)17-6)40(62-31(50)18-7,63-32(51)19-8)64-33(52)20-9/h12-20,24,43H,1-9,21-23H2,10-11H3,(H,41,53,54). The minimum Gasteiger partial charge on any atom is -0.389 e. The molecule has 64 heavy (non-hydrogen) atoms. The Morgan fingerprint density at radius 2 is 0.766 bits per heavy atom. The first kappa shape index (κ1) is 53.8. The number of carbonyl (C=O) groups is 11. The molecule has 0 aliphatic carbocycles. The van der Waals surface area contributed by atoms with Crippen LogP contribution in [0.15, 0.2) is 114 Å². The first-order valence-electron chi connectivity index (χ1n) is 17.5. The monoisotopic (exact) mass is 902 g/mol. The van der Waals surface area contributed by atoms with E-state index in [9.17, 15) is 57.8 Å². The number of imide groups is 1. The summed E-state index contributed by atoms with van der Waals surface area (Å²) in [6.07, 6.45) is -0.0109. The first-order chi connectivity index (χ1) is 29.9. The zero-order valence-electron chi connectivity index (χ0n) is 34.2. The molecule has 0 spiro atoms. The van der Waals surface area contributed by atoms with E-state index in [1.165, 1.54) is 13.8 Å². The van der Waals surface area contributed by atoms with E-state index in [2.05, 4.69) is 59.2 Å². The highest BCUT2D eigenvalue weighted by Crippen LogP contribution is 2.59. The number of aliphatic hydroxyl groups is 1. The van der Waals surface area contributed by atoms with Gasteiger partial charge in [0.2, 0.25) is 0 Å². The third-order valence-electron chi connectivity index (χ3n) is 7.90. The maximum atomic E-state index is 13.6. The number of rotatable bonds is 27. The third kappa shape index (κ3) is 11.8. The highest BCUT2D eigenvalue weighted by Gasteiger charge is 2.93. The molecule has 1 fully saturated rings. The molecule has 0 aromatic carbocycles. The van der Waals surface area contributed by atoms with E-state index in [-0.39, 0.29) is 54.7 Å². The molecular weight excluding hydrogens is 860 g/mol. The number of hydrogen-bond acceptors (Lipinski definition) is 22. The van der Waals surface area contributed by atoms with Crippen molar-refractivity contribution >= 4 is 65.7 Å². The minimum atomic E-state index is -4.68. The fraction of sp³-hybridized carbons (Fsp3) is 0.275. The van der Waals surface area contributed by atoms with Crippen LogP contribution in [0, 0.1) is 5.41 Å². The van der Waals surface area contributed by atoms with Gasteiger partial charge in [-0.05, 0) is 13.8 Å². The lowest BCUT2D eigenvalue weighted by Crippen LogP contribution is -2.81. The molecule has 24 nitrogen and oxygen atoms in total. The van der Waals surface area contributed by atoms with Crippen LogP contribution in [0.1, 0.15) is 13.8 Å². The Hall–Kier alpha value is -8.25. The van der Waals surface area contributed by atoms with E-state index in [1.807, 2.05) is 5.32 Å². The Labute approximate surface area is 363 Å². The Bertz CT molecular complexity index is 1700. The molecule has 1 unspecified atom stereocenters. The van der Waals surface area contributed by atoms with Crippen molar-refractivity contribution in [1.82, 2.24) is 10.2 Å². The molecule has 0 radical (unpaired) electrons. The number of aliphatic hydroxyl groups excluding tert-OH is 1. The summed E-state index contributed by atoms with van der Waals surface area (Å²) in [7, 11) is 0. The molecule has 1 heterocycles. The Kier molecular flexibility index (Phi) is 18.9. The van der Waals surface area contributed by atoms with E-state index in [0.29, 0.717) is 0 Å². The normalized spacial score (nSPS) is 13.6. The summed E-state index contributed by atoms with van der Waals surface area (Å²) in [6.45, 7) is 26.7. The molecule has 1 aliphatic heterocycles. The first-order valence-corrected chi connectivity index (χ1v) is 17.5. The Balaban J connectivity index is 5.32. The molecule has 24 heteroatoms. The second kappa shape index (κ2) is 22.6. The van der Waals surface area contributed by atoms with Crippen molar-refractivity contribution in [3.63, 3.8) is 0 Å². The summed E-state index contributed by atoms with van der Waals surface area (Å²) in [4.78, 5) is 148. The quantitative estimate of drug-likeness (QED) is 0.0366. The molecular formula is C40H42N2O22. The maximum absolute atomic E-state index is 13.6. The zero-order chi connectivity index (χ0) is 49.3. The van der Waals surface area contributed by atoms with Crippen LogP contribution in [-0.4, -0.2) is 125 Å². The van der Waals surface area contributed by atoms with Crippen molar-refractivity contribution in [2.45, 2.75) is 43.4 Å². The topological polar surface area (TPSA) is 316 Å². The van der Waals surface area contributed by atoms with Crippen LogP contribution in [-0.2, 0) is 95.3 Å². The zero-order valence-corrected chi connectivity index (χ0v) is 34.2. The number of hydrogen-bond donors (Lipinski definition) is 2. The van der Waals surface area contributed by atoms with Gasteiger partial charge >= 0.3 is 83.1 Å². The van der Waals surface area contributed by atoms with Crippen molar-refractivity contribution in [2.24, 2.45) is 5.41 Å². The van der Waals surface area contributed by atoms with Crippen molar-refractivity contribution in [2.75, 3.05) is 19.8 Å². The van der Waals surface area contributed by atoms with Gasteiger partial charge in [0.1, 0.15) is 5.54 Å². The lowest BCUT2D eigenvalue weighted by Gasteiger charge is -2.54. The molecule has 1 rings (SSSR count). The fourth-order valence-electron chi connectivity index (χ4n) is 4.98. The second-order valence-electron chi connectivity index (χ2n) is 12.3. The molecule has 1 aliphatic rings. The third-order valence-corrected chi connectivity index (χ3v) is 7.90. The number of nitrogens with one attached hydrogen (secondary N) is 1. The number of amides is 3. The Morgan fingerprint density at radius 3 is 0.953 bits per heavy atom. The summed E-state index contributed by atoms with van der Waals surface area (Å²) >= 11 is 0. The number of nitrogens with zero attached hydrogens (tertiary/aromatic N) is 1. The van der Waals surface area contributed by atoms with Crippen LogP contribution in [0.2, 0.25) is 0 Å². The van der Waals surface area contributed by atoms with Gasteiger partial charge in [-0.2, -0.15) is 0 Å². The van der Waals surface area contributed by atoms with Crippen LogP contribution >= 0.6 is 0 Å². The average molecular weight is 903 g/mol. The lowest BCUT2D eigenvalue weighted by atomic mass is 9.77. The number of esters is 9. The molecule has 2 N–H and O–H groups in total. The van der Waals surface area contributed by atoms with Gasteiger partial charge in [0, 0.05) is 54.7 Å². The van der Waals surface area contributed by atoms with Crippen LogP contribution in [0.5, 0.6) is 0 Å². The van der Waals surface area contributed by atoms with E-state index >= 15 is 0 Å². The van der Waals surface area contributed by atoms with E-state index < -0.39 is 120 Å². The van der Waals surface area contributed by atoms with Crippen molar-refractivity contribution in [1.29, 1.82) is 0 Å². The molecule has 0 aromatic heterocycles. The smallest absolute Gasteiger partial charge is 0.389 e. The molecule has 3 amide bonds. The molecule has 1 atom stereocenters. The minimum absolute atomic E-state index is 0.226. The van der Waals surface area contributed by atoms with Gasteiger partial charge in [-0.15, -0.1) is 0 Å². The summed E-state index contributed by atoms with van der Waals surface area (Å²) < 4.78 is 53.7. The molecule has 0 aromatic rings. The average Bonchev–Trinajstić information content (AvgIpc) is 3.44. The van der Waals surface area contributed by atoms with Gasteiger partial charge in [-0.25, -0.2) is 47.9 Å². The lowest BCUT2D eigenvalue weighted by molar-refractivity contribution is -0.549. The van der Waals surface area contributed by atoms with E-state index in [4.69, 9.17) is 47.4 Å². The number of carbonyl (C=O) groups excluding carboxylic acids is 11. The molecule has 344 valence electrons. The van der Waals surface area contributed by atoms with Crippen molar-refractivity contribution < 1.29 is 105 Å². The van der Waals surface area contributed by atoms with Crippen LogP contribution in [0.4, 0.5) is 4.79 Å². The number of urea groups is 1. The second-order valence-corrected chi connectivity index (χ2v) is 12.3. The summed E-state index contributed by atoms with van der Waals surface area (Å²) in [5.74, 6) is -32.4. The van der Waals surface area contributed by atoms with Crippen molar-refractivity contribution in [3.05, 3.63) is 114 Å². The van der Waals surface area contributed by atoms with Crippen molar-refractivity contribution in [3.8, 4) is 0 Å². The van der Waals surface area contributed by atoms with Gasteiger partial charge in [-0.3, -0.25) is 10.1 Å². The fourth-order valence-corrected chi connectivity index (χ4v) is 4.98. The van der Waals surface area contributed by atoms with Crippen LogP contribution < -0.4 is 5.32 Å². The summed E-state index contributed by atoms with van der Waals surface area (Å²) in [5.41, 5.74) is -6.31. The highest BCUT2D eigenvalue weighted by atomic mass is 17.0. The Morgan fingerprint density at radius 1 is 0.531 bits per heavy atom. The predicted octanol–water partition coefficient (Wildman–Crippen LogP) is 0.205. The van der Waals surface area contributed by atoms with Crippen LogP contribution in [0.25, 0.3) is 0 Å². The largest absolute Gasteiger partial charge is 0.457 e. The highest BCUT2D eigenvalue weighted by molar-refractivity contribution is 6.06. The SMILES string of the molecule is C=CC(=O)OC(OC(=O)C=C)(OC(=O)C=C)C(COCC(O)CN1C(=O)NC(=O)C1(C)C)(C(OC(=O)C=C)(OC(=O)C=C)OC(=O)C=C)C(OC(=O)C=C)(OC(=O)C=C)OC(=O)C=C. The molecule has 0 saturated carbocycles. The number of ether oxygens (including phenoxy) is 10. The van der Waals surface area contributed by atoms with Gasteiger partial charge < -0.3 is 57.4 Å². The van der Waals surface area contributed by atoms with Gasteiger partial charge in [0.15, 0.2) is 0 Å². The predicted molar refractivity (Wildman–Crippen MR) is 208 cm³/mol. The number of β-amino-alcohol motifs (C(OH)–C–C–N with tert-alkyl or cyclic N) is 1. The molecule has 0 bridgehead atoms. The maximum Gasteiger partial charge on any atom is 0.457 e. The molecule has 1 saturated heterocycles. The van der Waals surface area contributed by atoms with Crippen LogP contribution in [0.3, 0.4) is 0 Å². The summed E-state index contributed by atoms with van der Waals surface area (Å²) in [5, 5.41) is 13.3. The summed E-state index contributed by atoms with van der Waals surface area (Å²) in [6, 6.07) is -1.03. The van der Waals surface area contributed by atoms with Gasteiger partial charge in [-0.1, -0.05) is 59.2 Å². The van der Waals surface area contributed by atoms with Gasteiger partial charge in [0.05, 0.1) is 25.9 Å². The van der Waals surface area contributed by atoms with E-state index in [1.54, 1.807) is 0 Å². The van der Waals surface area contributed by atoms with E-state index in [0.717, 1.165) is 4.90 Å².